The molecule has 1 aromatic carbocycles. The number of nitriles is 1. The van der Waals surface area contributed by atoms with Gasteiger partial charge in [-0.3, -0.25) is 0 Å². The molecule has 1 aromatic rings. The van der Waals surface area contributed by atoms with Gasteiger partial charge in [-0.15, -0.1) is 0 Å². The van der Waals surface area contributed by atoms with Crippen molar-refractivity contribution in [2.45, 2.75) is 26.7 Å². The number of nitrogens with zero attached hydrogens (tertiary/aromatic N) is 1. The zero-order chi connectivity index (χ0) is 12.0. The maximum atomic E-state index is 8.74. The molecule has 0 aliphatic carbocycles. The first-order valence-electron chi connectivity index (χ1n) is 5.57. The van der Waals surface area contributed by atoms with E-state index in [1.54, 1.807) is 0 Å². The quantitative estimate of drug-likeness (QED) is 0.822. The van der Waals surface area contributed by atoms with Gasteiger partial charge >= 0.3 is 0 Å². The molecule has 0 spiro atoms. The predicted octanol–water partition coefficient (Wildman–Crippen LogP) is 4.17. The number of anilines is 1. The van der Waals surface area contributed by atoms with Gasteiger partial charge in [-0.1, -0.05) is 13.8 Å². The van der Waals surface area contributed by atoms with Gasteiger partial charge in [-0.25, -0.2) is 0 Å². The lowest BCUT2D eigenvalue weighted by Crippen LogP contribution is -2.03. The zero-order valence-corrected chi connectivity index (χ0v) is 11.3. The van der Waals surface area contributed by atoms with Crippen LogP contribution in [0.2, 0.25) is 0 Å². The van der Waals surface area contributed by atoms with E-state index in [1.165, 1.54) is 12.8 Å². The fourth-order valence-electron chi connectivity index (χ4n) is 1.46. The lowest BCUT2D eigenvalue weighted by Gasteiger charge is -2.09. The van der Waals surface area contributed by atoms with Crippen LogP contribution < -0.4 is 5.32 Å². The van der Waals surface area contributed by atoms with Gasteiger partial charge in [-0.2, -0.15) is 5.26 Å². The highest BCUT2D eigenvalue weighted by atomic mass is 79.9. The molecule has 0 atom stereocenters. The number of halogens is 1. The highest BCUT2D eigenvalue weighted by molar-refractivity contribution is 9.10. The van der Waals surface area contributed by atoms with Crippen molar-refractivity contribution in [1.82, 2.24) is 0 Å². The molecule has 0 heterocycles. The molecule has 0 amide bonds. The largest absolute Gasteiger partial charge is 0.384 e. The van der Waals surface area contributed by atoms with Gasteiger partial charge in [0.15, 0.2) is 0 Å². The molecule has 0 aliphatic rings. The van der Waals surface area contributed by atoms with Crippen LogP contribution in [-0.2, 0) is 0 Å². The van der Waals surface area contributed by atoms with Gasteiger partial charge in [-0.05, 0) is 52.9 Å². The number of benzene rings is 1. The first-order chi connectivity index (χ1) is 7.63. The van der Waals surface area contributed by atoms with Gasteiger partial charge in [0.1, 0.15) is 0 Å². The van der Waals surface area contributed by atoms with E-state index in [0.29, 0.717) is 5.56 Å². The second-order valence-corrected chi connectivity index (χ2v) is 5.12. The zero-order valence-electron chi connectivity index (χ0n) is 9.76. The van der Waals surface area contributed by atoms with Gasteiger partial charge < -0.3 is 5.32 Å². The molecular formula is C13H17BrN2. The van der Waals surface area contributed by atoms with E-state index in [2.05, 4.69) is 41.2 Å². The molecule has 0 aliphatic heterocycles. The van der Waals surface area contributed by atoms with E-state index < -0.39 is 0 Å². The van der Waals surface area contributed by atoms with Crippen LogP contribution in [0.3, 0.4) is 0 Å². The average molecular weight is 281 g/mol. The summed E-state index contributed by atoms with van der Waals surface area (Å²) in [5, 5.41) is 12.1. The normalized spacial score (nSPS) is 10.2. The average Bonchev–Trinajstić information content (AvgIpc) is 2.25. The molecule has 2 nitrogen and oxygen atoms in total. The molecule has 0 unspecified atom stereocenters. The Kier molecular flexibility index (Phi) is 5.34. The fourth-order valence-corrected chi connectivity index (χ4v) is 1.98. The van der Waals surface area contributed by atoms with Crippen LogP contribution in [0.5, 0.6) is 0 Å². The van der Waals surface area contributed by atoms with Gasteiger partial charge in [0, 0.05) is 16.7 Å². The van der Waals surface area contributed by atoms with Crippen molar-refractivity contribution >= 4 is 21.6 Å². The molecule has 0 fully saturated rings. The van der Waals surface area contributed by atoms with E-state index in [-0.39, 0.29) is 0 Å². The lowest BCUT2D eigenvalue weighted by molar-refractivity contribution is 0.567. The third-order valence-corrected chi connectivity index (χ3v) is 3.03. The molecule has 16 heavy (non-hydrogen) atoms. The third kappa shape index (κ3) is 4.24. The lowest BCUT2D eigenvalue weighted by atomic mass is 10.1. The Labute approximate surface area is 106 Å². The summed E-state index contributed by atoms with van der Waals surface area (Å²) in [5.41, 5.74) is 1.74. The van der Waals surface area contributed by atoms with E-state index in [4.69, 9.17) is 5.26 Å². The number of hydrogen-bond donors (Lipinski definition) is 1. The van der Waals surface area contributed by atoms with E-state index in [1.807, 2.05) is 18.2 Å². The molecule has 1 N–H and O–H groups in total. The van der Waals surface area contributed by atoms with E-state index in [0.717, 1.165) is 22.6 Å². The Morgan fingerprint density at radius 1 is 1.44 bits per heavy atom. The first kappa shape index (κ1) is 13.1. The van der Waals surface area contributed by atoms with Gasteiger partial charge in [0.05, 0.1) is 11.6 Å². The molecule has 0 radical (unpaired) electrons. The van der Waals surface area contributed by atoms with Crippen molar-refractivity contribution in [2.24, 2.45) is 5.92 Å². The highest BCUT2D eigenvalue weighted by Crippen LogP contribution is 2.23. The maximum absolute atomic E-state index is 8.74. The third-order valence-electron chi connectivity index (χ3n) is 2.37. The Balaban J connectivity index is 2.46. The minimum Gasteiger partial charge on any atom is -0.384 e. The molecule has 0 saturated carbocycles. The molecule has 86 valence electrons. The molecule has 0 bridgehead atoms. The summed E-state index contributed by atoms with van der Waals surface area (Å²) < 4.78 is 0.955. The monoisotopic (exact) mass is 280 g/mol. The van der Waals surface area contributed by atoms with Crippen molar-refractivity contribution in [3.8, 4) is 6.07 Å². The SMILES string of the molecule is CC(C)CCCNc1ccc(C#N)cc1Br. The number of rotatable bonds is 5. The number of hydrogen-bond acceptors (Lipinski definition) is 2. The summed E-state index contributed by atoms with van der Waals surface area (Å²) in [6.07, 6.45) is 2.41. The van der Waals surface area contributed by atoms with Crippen LogP contribution in [0.25, 0.3) is 0 Å². The summed E-state index contributed by atoms with van der Waals surface area (Å²) in [7, 11) is 0. The van der Waals surface area contributed by atoms with Crippen LogP contribution >= 0.6 is 15.9 Å². The van der Waals surface area contributed by atoms with Gasteiger partial charge in [0.2, 0.25) is 0 Å². The fraction of sp³-hybridized carbons (Fsp3) is 0.462. The Morgan fingerprint density at radius 2 is 2.19 bits per heavy atom. The molecule has 1 rings (SSSR count). The summed E-state index contributed by atoms with van der Waals surface area (Å²) in [4.78, 5) is 0. The molecule has 0 saturated heterocycles. The summed E-state index contributed by atoms with van der Waals surface area (Å²) in [5.74, 6) is 0.756. The van der Waals surface area contributed by atoms with Crippen molar-refractivity contribution in [1.29, 1.82) is 5.26 Å². The Bertz CT molecular complexity index is 380. The van der Waals surface area contributed by atoms with Crippen molar-refractivity contribution < 1.29 is 0 Å². The van der Waals surface area contributed by atoms with Crippen LogP contribution in [-0.4, -0.2) is 6.54 Å². The standard InChI is InChI=1S/C13H17BrN2/c1-10(2)4-3-7-16-13-6-5-11(9-15)8-12(13)14/h5-6,8,10,16H,3-4,7H2,1-2H3. The molecule has 3 heteroatoms. The summed E-state index contributed by atoms with van der Waals surface area (Å²) >= 11 is 3.46. The second kappa shape index (κ2) is 6.55. The van der Waals surface area contributed by atoms with E-state index >= 15 is 0 Å². The van der Waals surface area contributed by atoms with Crippen LogP contribution in [0.15, 0.2) is 22.7 Å². The maximum Gasteiger partial charge on any atom is 0.0992 e. The minimum absolute atomic E-state index is 0.680. The first-order valence-corrected chi connectivity index (χ1v) is 6.36. The molecular weight excluding hydrogens is 264 g/mol. The Hall–Kier alpha value is -1.01. The minimum atomic E-state index is 0.680. The van der Waals surface area contributed by atoms with Crippen LogP contribution in [0, 0.1) is 17.2 Å². The van der Waals surface area contributed by atoms with E-state index in [9.17, 15) is 0 Å². The number of nitrogens with one attached hydrogen (secondary N) is 1. The summed E-state index contributed by atoms with van der Waals surface area (Å²) in [6.45, 7) is 5.44. The topological polar surface area (TPSA) is 35.8 Å². The van der Waals surface area contributed by atoms with Crippen molar-refractivity contribution in [3.63, 3.8) is 0 Å². The van der Waals surface area contributed by atoms with Crippen molar-refractivity contribution in [3.05, 3.63) is 28.2 Å². The second-order valence-electron chi connectivity index (χ2n) is 4.27. The summed E-state index contributed by atoms with van der Waals surface area (Å²) in [6, 6.07) is 7.73. The molecule has 0 aromatic heterocycles. The van der Waals surface area contributed by atoms with Crippen LogP contribution in [0.1, 0.15) is 32.3 Å². The van der Waals surface area contributed by atoms with Gasteiger partial charge in [0.25, 0.3) is 0 Å². The Morgan fingerprint density at radius 3 is 2.75 bits per heavy atom. The van der Waals surface area contributed by atoms with Crippen LogP contribution in [0.4, 0.5) is 5.69 Å². The highest BCUT2D eigenvalue weighted by Gasteiger charge is 2.00. The smallest absolute Gasteiger partial charge is 0.0992 e. The van der Waals surface area contributed by atoms with Crippen molar-refractivity contribution in [2.75, 3.05) is 11.9 Å². The predicted molar refractivity (Wildman–Crippen MR) is 71.4 cm³/mol.